The second kappa shape index (κ2) is 7.24. The maximum absolute atomic E-state index is 11.8. The molecule has 0 aliphatic heterocycles. The molecule has 0 unspecified atom stereocenters. The predicted molar refractivity (Wildman–Crippen MR) is 79.0 cm³/mol. The van der Waals surface area contributed by atoms with Gasteiger partial charge in [0.05, 0.1) is 12.2 Å². The fourth-order valence-corrected chi connectivity index (χ4v) is 1.48. The van der Waals surface area contributed by atoms with Gasteiger partial charge in [-0.1, -0.05) is 6.07 Å². The van der Waals surface area contributed by atoms with E-state index in [4.69, 9.17) is 9.47 Å². The van der Waals surface area contributed by atoms with Gasteiger partial charge in [0.15, 0.2) is 5.69 Å². The highest BCUT2D eigenvalue weighted by Crippen LogP contribution is 2.08. The van der Waals surface area contributed by atoms with Gasteiger partial charge >= 0.3 is 5.97 Å². The molecule has 20 heavy (non-hydrogen) atoms. The number of rotatable bonds is 6. The number of carbonyl (C=O) groups excluding carboxylic acids is 1. The van der Waals surface area contributed by atoms with Crippen molar-refractivity contribution in [1.82, 2.24) is 4.98 Å². The summed E-state index contributed by atoms with van der Waals surface area (Å²) in [6.45, 7) is 10.5. The summed E-state index contributed by atoms with van der Waals surface area (Å²) in [6.07, 6.45) is 0. The van der Waals surface area contributed by atoms with E-state index in [2.05, 4.69) is 10.3 Å². The van der Waals surface area contributed by atoms with E-state index in [-0.39, 0.29) is 18.2 Å². The summed E-state index contributed by atoms with van der Waals surface area (Å²) in [6, 6.07) is 5.49. The average molecular weight is 280 g/mol. The molecule has 0 radical (unpaired) electrons. The molecule has 0 fully saturated rings. The number of hydrogen-bond acceptors (Lipinski definition) is 5. The summed E-state index contributed by atoms with van der Waals surface area (Å²) in [5.74, 6) is 0.232. The lowest BCUT2D eigenvalue weighted by Crippen LogP contribution is -2.23. The van der Waals surface area contributed by atoms with E-state index >= 15 is 0 Å². The van der Waals surface area contributed by atoms with Gasteiger partial charge in [0.2, 0.25) is 0 Å². The third kappa shape index (κ3) is 6.52. The van der Waals surface area contributed by atoms with Crippen LogP contribution >= 0.6 is 0 Å². The monoisotopic (exact) mass is 280 g/mol. The SMILES string of the molecule is CC(C)Nc1cccc(C(=O)OCCOC(C)(C)C)n1. The molecule has 0 aliphatic rings. The van der Waals surface area contributed by atoms with Gasteiger partial charge in [-0.3, -0.25) is 0 Å². The number of pyridine rings is 1. The van der Waals surface area contributed by atoms with Crippen molar-refractivity contribution in [3.8, 4) is 0 Å². The molecule has 0 saturated carbocycles. The Balaban J connectivity index is 2.47. The molecule has 0 atom stereocenters. The van der Waals surface area contributed by atoms with E-state index in [0.717, 1.165) is 0 Å². The first-order chi connectivity index (χ1) is 9.28. The van der Waals surface area contributed by atoms with Gasteiger partial charge in [-0.15, -0.1) is 0 Å². The van der Waals surface area contributed by atoms with Gasteiger partial charge in [0.25, 0.3) is 0 Å². The van der Waals surface area contributed by atoms with Crippen molar-refractivity contribution < 1.29 is 14.3 Å². The Morgan fingerprint density at radius 1 is 1.30 bits per heavy atom. The zero-order chi connectivity index (χ0) is 15.2. The van der Waals surface area contributed by atoms with Gasteiger partial charge in [0, 0.05) is 6.04 Å². The molecule has 112 valence electrons. The number of anilines is 1. The van der Waals surface area contributed by atoms with Crippen LogP contribution in [0.15, 0.2) is 18.2 Å². The second-order valence-electron chi connectivity index (χ2n) is 5.80. The standard InChI is InChI=1S/C15H24N2O3/c1-11(2)16-13-8-6-7-12(17-13)14(18)19-9-10-20-15(3,4)5/h6-8,11H,9-10H2,1-5H3,(H,16,17). The molecule has 0 aliphatic carbocycles. The Kier molecular flexibility index (Phi) is 5.95. The number of hydrogen-bond donors (Lipinski definition) is 1. The van der Waals surface area contributed by atoms with E-state index in [1.165, 1.54) is 0 Å². The fraction of sp³-hybridized carbons (Fsp3) is 0.600. The first-order valence-electron chi connectivity index (χ1n) is 6.82. The highest BCUT2D eigenvalue weighted by molar-refractivity contribution is 5.87. The van der Waals surface area contributed by atoms with Crippen molar-refractivity contribution in [2.75, 3.05) is 18.5 Å². The fourth-order valence-electron chi connectivity index (χ4n) is 1.48. The van der Waals surface area contributed by atoms with E-state index < -0.39 is 5.97 Å². The molecular formula is C15H24N2O3. The molecule has 0 bridgehead atoms. The van der Waals surface area contributed by atoms with E-state index in [1.54, 1.807) is 12.1 Å². The smallest absolute Gasteiger partial charge is 0.357 e. The minimum atomic E-state index is -0.435. The zero-order valence-corrected chi connectivity index (χ0v) is 12.9. The summed E-state index contributed by atoms with van der Waals surface area (Å²) in [5.41, 5.74) is 0.0672. The van der Waals surface area contributed by atoms with Crippen LogP contribution in [0.2, 0.25) is 0 Å². The van der Waals surface area contributed by atoms with Crippen molar-refractivity contribution in [3.63, 3.8) is 0 Å². The third-order valence-corrected chi connectivity index (χ3v) is 2.25. The van der Waals surface area contributed by atoms with Gasteiger partial charge in [-0.2, -0.15) is 0 Å². The lowest BCUT2D eigenvalue weighted by Gasteiger charge is -2.19. The van der Waals surface area contributed by atoms with E-state index in [1.807, 2.05) is 40.7 Å². The summed E-state index contributed by atoms with van der Waals surface area (Å²) >= 11 is 0. The van der Waals surface area contributed by atoms with Crippen LogP contribution in [0.25, 0.3) is 0 Å². The average Bonchev–Trinajstić information content (AvgIpc) is 2.32. The summed E-state index contributed by atoms with van der Waals surface area (Å²) < 4.78 is 10.6. The van der Waals surface area contributed by atoms with Crippen LogP contribution < -0.4 is 5.32 Å². The summed E-state index contributed by atoms with van der Waals surface area (Å²) in [4.78, 5) is 16.1. The molecule has 5 heteroatoms. The molecule has 0 amide bonds. The summed E-state index contributed by atoms with van der Waals surface area (Å²) in [7, 11) is 0. The van der Waals surface area contributed by atoms with Crippen LogP contribution in [0.5, 0.6) is 0 Å². The Labute approximate surface area is 120 Å². The lowest BCUT2D eigenvalue weighted by molar-refractivity contribution is -0.0283. The number of esters is 1. The molecule has 0 aromatic carbocycles. The first-order valence-corrected chi connectivity index (χ1v) is 6.82. The van der Waals surface area contributed by atoms with Crippen molar-refractivity contribution in [1.29, 1.82) is 0 Å². The van der Waals surface area contributed by atoms with Crippen molar-refractivity contribution >= 4 is 11.8 Å². The summed E-state index contributed by atoms with van der Waals surface area (Å²) in [5, 5.41) is 3.14. The van der Waals surface area contributed by atoms with Crippen molar-refractivity contribution in [2.24, 2.45) is 0 Å². The quantitative estimate of drug-likeness (QED) is 0.641. The maximum atomic E-state index is 11.8. The predicted octanol–water partition coefficient (Wildman–Crippen LogP) is 2.87. The topological polar surface area (TPSA) is 60.5 Å². The minimum absolute atomic E-state index is 0.222. The molecule has 1 N–H and O–H groups in total. The molecular weight excluding hydrogens is 256 g/mol. The van der Waals surface area contributed by atoms with E-state index in [9.17, 15) is 4.79 Å². The van der Waals surface area contributed by atoms with Gasteiger partial charge in [-0.05, 0) is 46.8 Å². The largest absolute Gasteiger partial charge is 0.459 e. The number of nitrogens with one attached hydrogen (secondary N) is 1. The Morgan fingerprint density at radius 3 is 2.60 bits per heavy atom. The van der Waals surface area contributed by atoms with Crippen LogP contribution in [0.3, 0.4) is 0 Å². The molecule has 1 aromatic rings. The highest BCUT2D eigenvalue weighted by Gasteiger charge is 2.12. The second-order valence-corrected chi connectivity index (χ2v) is 5.80. The molecule has 0 saturated heterocycles. The maximum Gasteiger partial charge on any atom is 0.357 e. The van der Waals surface area contributed by atoms with Crippen LogP contribution in [0, 0.1) is 0 Å². The van der Waals surface area contributed by atoms with Crippen LogP contribution in [0.4, 0.5) is 5.82 Å². The van der Waals surface area contributed by atoms with Crippen LogP contribution in [-0.2, 0) is 9.47 Å². The lowest BCUT2D eigenvalue weighted by atomic mass is 10.2. The zero-order valence-electron chi connectivity index (χ0n) is 12.9. The van der Waals surface area contributed by atoms with Gasteiger partial charge in [0.1, 0.15) is 12.4 Å². The molecule has 1 heterocycles. The number of nitrogens with zero attached hydrogens (tertiary/aromatic N) is 1. The molecule has 1 aromatic heterocycles. The first kappa shape index (κ1) is 16.4. The molecule has 5 nitrogen and oxygen atoms in total. The van der Waals surface area contributed by atoms with Crippen molar-refractivity contribution in [3.05, 3.63) is 23.9 Å². The third-order valence-electron chi connectivity index (χ3n) is 2.25. The number of ether oxygens (including phenoxy) is 2. The minimum Gasteiger partial charge on any atom is -0.459 e. The highest BCUT2D eigenvalue weighted by atomic mass is 16.6. The van der Waals surface area contributed by atoms with Crippen molar-refractivity contribution in [2.45, 2.75) is 46.3 Å². The van der Waals surface area contributed by atoms with Gasteiger partial charge < -0.3 is 14.8 Å². The van der Waals surface area contributed by atoms with E-state index in [0.29, 0.717) is 18.1 Å². The van der Waals surface area contributed by atoms with Gasteiger partial charge in [-0.25, -0.2) is 9.78 Å². The Bertz CT molecular complexity index is 439. The normalized spacial score (nSPS) is 11.5. The molecule has 1 rings (SSSR count). The Hall–Kier alpha value is -1.62. The number of aromatic nitrogens is 1. The van der Waals surface area contributed by atoms with Crippen LogP contribution in [0.1, 0.15) is 45.1 Å². The van der Waals surface area contributed by atoms with Crippen LogP contribution in [-0.4, -0.2) is 35.8 Å². The number of carbonyl (C=O) groups is 1. The molecule has 0 spiro atoms. The Morgan fingerprint density at radius 2 is 2.00 bits per heavy atom.